The molecular formula is C21H23ClN4O3S. The molecule has 158 valence electrons. The van der Waals surface area contributed by atoms with Crippen molar-refractivity contribution in [2.75, 3.05) is 19.6 Å². The minimum absolute atomic E-state index is 0.0937. The standard InChI is InChI=1S/C21H23ClN4O3S/c22-17-9-8-15(30(28,29)26-12-4-1-5-13-26)14-16(17)21(27)23-11-10-20-24-18-6-2-3-7-19(18)25-20/h2-3,6-9,14H,1,4-5,10-13H2,(H,23,27)(H,24,25). The van der Waals surface area contributed by atoms with Crippen LogP contribution in [0.25, 0.3) is 11.0 Å². The van der Waals surface area contributed by atoms with Gasteiger partial charge >= 0.3 is 0 Å². The van der Waals surface area contributed by atoms with Crippen molar-refractivity contribution in [1.82, 2.24) is 19.6 Å². The van der Waals surface area contributed by atoms with Gasteiger partial charge in [-0.3, -0.25) is 4.79 Å². The predicted molar refractivity (Wildman–Crippen MR) is 116 cm³/mol. The van der Waals surface area contributed by atoms with E-state index in [2.05, 4.69) is 15.3 Å². The van der Waals surface area contributed by atoms with Crippen LogP contribution in [0.1, 0.15) is 35.4 Å². The van der Waals surface area contributed by atoms with E-state index in [9.17, 15) is 13.2 Å². The van der Waals surface area contributed by atoms with E-state index < -0.39 is 15.9 Å². The quantitative estimate of drug-likeness (QED) is 0.606. The van der Waals surface area contributed by atoms with E-state index in [4.69, 9.17) is 11.6 Å². The van der Waals surface area contributed by atoms with Crippen molar-refractivity contribution in [1.29, 1.82) is 0 Å². The van der Waals surface area contributed by atoms with Gasteiger partial charge in [-0.05, 0) is 43.2 Å². The Labute approximate surface area is 180 Å². The van der Waals surface area contributed by atoms with Crippen molar-refractivity contribution in [3.8, 4) is 0 Å². The average Bonchev–Trinajstić information content (AvgIpc) is 3.17. The fourth-order valence-electron chi connectivity index (χ4n) is 3.61. The molecule has 30 heavy (non-hydrogen) atoms. The summed E-state index contributed by atoms with van der Waals surface area (Å²) in [4.78, 5) is 20.4. The molecule has 0 spiro atoms. The molecule has 7 nitrogen and oxygen atoms in total. The molecule has 0 aliphatic carbocycles. The number of halogens is 1. The van der Waals surface area contributed by atoms with E-state index in [0.29, 0.717) is 26.1 Å². The number of imidazole rings is 1. The van der Waals surface area contributed by atoms with Crippen LogP contribution in [0.15, 0.2) is 47.4 Å². The second kappa shape index (κ2) is 8.75. The molecule has 1 aromatic heterocycles. The molecule has 1 amide bonds. The molecule has 3 aromatic rings. The number of carbonyl (C=O) groups excluding carboxylic acids is 1. The van der Waals surface area contributed by atoms with Crippen LogP contribution in [0, 0.1) is 0 Å². The fourth-order valence-corrected chi connectivity index (χ4v) is 5.35. The lowest BCUT2D eigenvalue weighted by Crippen LogP contribution is -2.35. The summed E-state index contributed by atoms with van der Waals surface area (Å²) in [6, 6.07) is 12.0. The number of nitrogens with one attached hydrogen (secondary N) is 2. The fraction of sp³-hybridized carbons (Fsp3) is 0.333. The molecule has 0 bridgehead atoms. The summed E-state index contributed by atoms with van der Waals surface area (Å²) in [5, 5.41) is 3.02. The number of hydrogen-bond donors (Lipinski definition) is 2. The number of para-hydroxylation sites is 2. The zero-order chi connectivity index (χ0) is 21.1. The largest absolute Gasteiger partial charge is 0.352 e. The van der Waals surface area contributed by atoms with Crippen LogP contribution in [0.4, 0.5) is 0 Å². The smallest absolute Gasteiger partial charge is 0.252 e. The molecule has 9 heteroatoms. The summed E-state index contributed by atoms with van der Waals surface area (Å²) in [6.45, 7) is 1.35. The molecule has 1 saturated heterocycles. The summed E-state index contributed by atoms with van der Waals surface area (Å²) in [5.41, 5.74) is 1.97. The number of fused-ring (bicyclic) bond motifs is 1. The van der Waals surface area contributed by atoms with E-state index >= 15 is 0 Å². The monoisotopic (exact) mass is 446 g/mol. The van der Waals surface area contributed by atoms with Crippen molar-refractivity contribution in [2.45, 2.75) is 30.6 Å². The Kier molecular flexibility index (Phi) is 6.08. The molecule has 2 aromatic carbocycles. The van der Waals surface area contributed by atoms with Gasteiger partial charge in [0.1, 0.15) is 5.82 Å². The van der Waals surface area contributed by atoms with Crippen molar-refractivity contribution in [3.05, 3.63) is 58.9 Å². The lowest BCUT2D eigenvalue weighted by molar-refractivity contribution is 0.0954. The number of amides is 1. The number of rotatable bonds is 6. The van der Waals surface area contributed by atoms with Gasteiger partial charge in [0, 0.05) is 26.1 Å². The number of piperidine rings is 1. The third-order valence-electron chi connectivity index (χ3n) is 5.22. The predicted octanol–water partition coefficient (Wildman–Crippen LogP) is 3.36. The normalized spacial score (nSPS) is 15.4. The second-order valence-corrected chi connectivity index (χ2v) is 9.66. The van der Waals surface area contributed by atoms with E-state index in [1.54, 1.807) is 0 Å². The first-order chi connectivity index (χ1) is 14.4. The average molecular weight is 447 g/mol. The Hall–Kier alpha value is -2.42. The van der Waals surface area contributed by atoms with Crippen molar-refractivity contribution >= 4 is 38.6 Å². The number of nitrogens with zero attached hydrogens (tertiary/aromatic N) is 2. The number of benzene rings is 2. The van der Waals surface area contributed by atoms with Gasteiger partial charge < -0.3 is 10.3 Å². The van der Waals surface area contributed by atoms with Gasteiger partial charge in [0.25, 0.3) is 5.91 Å². The molecule has 4 rings (SSSR count). The maximum absolute atomic E-state index is 12.9. The number of hydrogen-bond acceptors (Lipinski definition) is 4. The number of sulfonamides is 1. The van der Waals surface area contributed by atoms with Crippen LogP contribution in [0.5, 0.6) is 0 Å². The summed E-state index contributed by atoms with van der Waals surface area (Å²) in [5.74, 6) is 0.357. The van der Waals surface area contributed by atoms with E-state index in [1.807, 2.05) is 24.3 Å². The van der Waals surface area contributed by atoms with E-state index in [-0.39, 0.29) is 15.5 Å². The van der Waals surface area contributed by atoms with Crippen LogP contribution in [-0.4, -0.2) is 48.2 Å². The third-order valence-corrected chi connectivity index (χ3v) is 7.45. The Morgan fingerprint density at radius 3 is 2.67 bits per heavy atom. The van der Waals surface area contributed by atoms with Crippen LogP contribution < -0.4 is 5.32 Å². The maximum atomic E-state index is 12.9. The molecule has 1 aliphatic rings. The Morgan fingerprint density at radius 2 is 1.90 bits per heavy atom. The van der Waals surface area contributed by atoms with Gasteiger partial charge in [-0.2, -0.15) is 4.31 Å². The summed E-state index contributed by atoms with van der Waals surface area (Å²) in [7, 11) is -3.63. The number of carbonyl (C=O) groups is 1. The molecule has 0 saturated carbocycles. The third kappa shape index (κ3) is 4.35. The lowest BCUT2D eigenvalue weighted by atomic mass is 10.2. The van der Waals surface area contributed by atoms with Gasteiger partial charge in [0.2, 0.25) is 10.0 Å². The highest BCUT2D eigenvalue weighted by atomic mass is 35.5. The zero-order valence-electron chi connectivity index (χ0n) is 16.4. The van der Waals surface area contributed by atoms with Crippen LogP contribution in [0.3, 0.4) is 0 Å². The van der Waals surface area contributed by atoms with Crippen molar-refractivity contribution in [2.24, 2.45) is 0 Å². The van der Waals surface area contributed by atoms with Crippen LogP contribution in [-0.2, 0) is 16.4 Å². The SMILES string of the molecule is O=C(NCCc1nc2ccccc2[nH]1)c1cc(S(=O)(=O)N2CCCCC2)ccc1Cl. The molecular weight excluding hydrogens is 424 g/mol. The first kappa shape index (κ1) is 20.8. The highest BCUT2D eigenvalue weighted by Gasteiger charge is 2.27. The minimum Gasteiger partial charge on any atom is -0.352 e. The molecule has 2 N–H and O–H groups in total. The number of aromatic nitrogens is 2. The van der Waals surface area contributed by atoms with Gasteiger partial charge in [0.05, 0.1) is 26.5 Å². The van der Waals surface area contributed by atoms with Crippen molar-refractivity contribution < 1.29 is 13.2 Å². The molecule has 1 aliphatic heterocycles. The van der Waals surface area contributed by atoms with Gasteiger partial charge in [-0.1, -0.05) is 30.2 Å². The first-order valence-corrected chi connectivity index (χ1v) is 11.8. The van der Waals surface area contributed by atoms with Gasteiger partial charge in [0.15, 0.2) is 0 Å². The molecule has 1 fully saturated rings. The van der Waals surface area contributed by atoms with Gasteiger partial charge in [-0.25, -0.2) is 13.4 Å². The van der Waals surface area contributed by atoms with Crippen LogP contribution in [0.2, 0.25) is 5.02 Å². The highest BCUT2D eigenvalue weighted by molar-refractivity contribution is 7.89. The number of H-pyrrole nitrogens is 1. The summed E-state index contributed by atoms with van der Waals surface area (Å²) < 4.78 is 27.3. The maximum Gasteiger partial charge on any atom is 0.252 e. The Morgan fingerprint density at radius 1 is 1.13 bits per heavy atom. The van der Waals surface area contributed by atoms with E-state index in [0.717, 1.165) is 36.1 Å². The Balaban J connectivity index is 1.44. The lowest BCUT2D eigenvalue weighted by Gasteiger charge is -2.26. The van der Waals surface area contributed by atoms with Crippen molar-refractivity contribution in [3.63, 3.8) is 0 Å². The molecule has 0 atom stereocenters. The Bertz CT molecular complexity index is 1140. The molecule has 2 heterocycles. The molecule has 0 radical (unpaired) electrons. The summed E-state index contributed by atoms with van der Waals surface area (Å²) >= 11 is 6.19. The topological polar surface area (TPSA) is 95.2 Å². The summed E-state index contributed by atoms with van der Waals surface area (Å²) in [6.07, 6.45) is 3.25. The zero-order valence-corrected chi connectivity index (χ0v) is 18.0. The minimum atomic E-state index is -3.63. The van der Waals surface area contributed by atoms with E-state index in [1.165, 1.54) is 22.5 Å². The highest BCUT2D eigenvalue weighted by Crippen LogP contribution is 2.25. The van der Waals surface area contributed by atoms with Gasteiger partial charge in [-0.15, -0.1) is 0 Å². The number of aromatic amines is 1. The molecule has 0 unspecified atom stereocenters. The second-order valence-electron chi connectivity index (χ2n) is 7.31. The van der Waals surface area contributed by atoms with Crippen LogP contribution >= 0.6 is 11.6 Å². The first-order valence-electron chi connectivity index (χ1n) is 9.97.